The summed E-state index contributed by atoms with van der Waals surface area (Å²) in [6.07, 6.45) is 2.53. The van der Waals surface area contributed by atoms with Crippen molar-refractivity contribution in [2.24, 2.45) is 5.92 Å². The summed E-state index contributed by atoms with van der Waals surface area (Å²) < 4.78 is 1.57. The van der Waals surface area contributed by atoms with Crippen LogP contribution in [-0.4, -0.2) is 22.0 Å². The second-order valence-electron chi connectivity index (χ2n) is 6.79. The molecule has 0 aliphatic heterocycles. The highest BCUT2D eigenvalue weighted by Crippen LogP contribution is 2.13. The van der Waals surface area contributed by atoms with Crippen molar-refractivity contribution < 1.29 is 4.79 Å². The molecule has 0 radical (unpaired) electrons. The predicted octanol–water partition coefficient (Wildman–Crippen LogP) is 3.22. The van der Waals surface area contributed by atoms with Gasteiger partial charge in [0.1, 0.15) is 11.2 Å². The van der Waals surface area contributed by atoms with Crippen molar-refractivity contribution in [2.45, 2.75) is 26.8 Å². The smallest absolute Gasteiger partial charge is 0.265 e. The van der Waals surface area contributed by atoms with Crippen molar-refractivity contribution in [3.05, 3.63) is 76.2 Å². The van der Waals surface area contributed by atoms with Crippen LogP contribution in [-0.2, 0) is 6.54 Å². The lowest BCUT2D eigenvalue weighted by Crippen LogP contribution is -2.34. The van der Waals surface area contributed by atoms with E-state index in [2.05, 4.69) is 24.1 Å². The molecule has 134 valence electrons. The summed E-state index contributed by atoms with van der Waals surface area (Å²) in [6, 6.07) is 15.0. The number of aromatic nitrogens is 2. The Bertz CT molecular complexity index is 962. The molecule has 0 fully saturated rings. The molecule has 0 unspecified atom stereocenters. The SMILES string of the molecule is CC(C)CCNC(=O)c1cc2cccnc2n(Cc2ccccc2)c1=O. The van der Waals surface area contributed by atoms with E-state index in [1.54, 1.807) is 22.9 Å². The van der Waals surface area contributed by atoms with Crippen LogP contribution < -0.4 is 10.9 Å². The molecule has 2 aromatic heterocycles. The van der Waals surface area contributed by atoms with Crippen molar-refractivity contribution in [1.29, 1.82) is 0 Å². The van der Waals surface area contributed by atoms with Gasteiger partial charge in [0.05, 0.1) is 6.54 Å². The largest absolute Gasteiger partial charge is 0.352 e. The van der Waals surface area contributed by atoms with E-state index in [0.717, 1.165) is 17.4 Å². The summed E-state index contributed by atoms with van der Waals surface area (Å²) in [7, 11) is 0. The molecular weight excluding hydrogens is 326 g/mol. The van der Waals surface area contributed by atoms with Crippen molar-refractivity contribution in [1.82, 2.24) is 14.9 Å². The maximum absolute atomic E-state index is 13.0. The second-order valence-corrected chi connectivity index (χ2v) is 6.79. The van der Waals surface area contributed by atoms with Crippen LogP contribution in [0.2, 0.25) is 0 Å². The van der Waals surface area contributed by atoms with Crippen molar-refractivity contribution in [3.8, 4) is 0 Å². The number of hydrogen-bond acceptors (Lipinski definition) is 3. The van der Waals surface area contributed by atoms with Crippen LogP contribution in [0.1, 0.15) is 36.2 Å². The lowest BCUT2D eigenvalue weighted by Gasteiger charge is -2.13. The summed E-state index contributed by atoms with van der Waals surface area (Å²) in [6.45, 7) is 5.13. The summed E-state index contributed by atoms with van der Waals surface area (Å²) in [4.78, 5) is 29.9. The zero-order valence-corrected chi connectivity index (χ0v) is 15.1. The predicted molar refractivity (Wildman–Crippen MR) is 103 cm³/mol. The van der Waals surface area contributed by atoms with Crippen LogP contribution in [0.4, 0.5) is 0 Å². The number of hydrogen-bond donors (Lipinski definition) is 1. The average molecular weight is 349 g/mol. The van der Waals surface area contributed by atoms with Gasteiger partial charge >= 0.3 is 0 Å². The Hall–Kier alpha value is -2.95. The maximum atomic E-state index is 13.0. The molecule has 0 atom stereocenters. The van der Waals surface area contributed by atoms with Gasteiger partial charge < -0.3 is 5.32 Å². The first-order chi connectivity index (χ1) is 12.6. The fourth-order valence-corrected chi connectivity index (χ4v) is 2.85. The Morgan fingerprint density at radius 2 is 1.92 bits per heavy atom. The van der Waals surface area contributed by atoms with Gasteiger partial charge in [-0.05, 0) is 36.1 Å². The Morgan fingerprint density at radius 1 is 1.15 bits per heavy atom. The van der Waals surface area contributed by atoms with Crippen LogP contribution >= 0.6 is 0 Å². The van der Waals surface area contributed by atoms with Crippen molar-refractivity contribution in [3.63, 3.8) is 0 Å². The Morgan fingerprint density at radius 3 is 2.65 bits per heavy atom. The van der Waals surface area contributed by atoms with Gasteiger partial charge in [0.15, 0.2) is 0 Å². The first-order valence-electron chi connectivity index (χ1n) is 8.87. The topological polar surface area (TPSA) is 64.0 Å². The monoisotopic (exact) mass is 349 g/mol. The molecule has 0 aliphatic rings. The molecule has 2 heterocycles. The van der Waals surface area contributed by atoms with Gasteiger partial charge in [-0.25, -0.2) is 4.98 Å². The van der Waals surface area contributed by atoms with E-state index < -0.39 is 0 Å². The highest BCUT2D eigenvalue weighted by atomic mass is 16.2. The van der Waals surface area contributed by atoms with Crippen LogP contribution in [0.15, 0.2) is 59.5 Å². The molecule has 5 heteroatoms. The van der Waals surface area contributed by atoms with E-state index in [-0.39, 0.29) is 17.0 Å². The normalized spacial score (nSPS) is 11.0. The first-order valence-corrected chi connectivity index (χ1v) is 8.87. The summed E-state index contributed by atoms with van der Waals surface area (Å²) in [5.41, 5.74) is 1.41. The van der Waals surface area contributed by atoms with Crippen molar-refractivity contribution in [2.75, 3.05) is 6.54 Å². The molecule has 0 aliphatic carbocycles. The van der Waals surface area contributed by atoms with Crippen LogP contribution in [0, 0.1) is 5.92 Å². The van der Waals surface area contributed by atoms with Gasteiger partial charge in [-0.15, -0.1) is 0 Å². The molecule has 3 aromatic rings. The first kappa shape index (κ1) is 17.9. The molecule has 1 N–H and O–H groups in total. The molecule has 5 nitrogen and oxygen atoms in total. The van der Waals surface area contributed by atoms with Crippen LogP contribution in [0.5, 0.6) is 0 Å². The van der Waals surface area contributed by atoms with E-state index in [1.807, 2.05) is 36.4 Å². The van der Waals surface area contributed by atoms with E-state index in [0.29, 0.717) is 24.7 Å². The third kappa shape index (κ3) is 3.99. The Kier molecular flexibility index (Phi) is 5.46. The number of carbonyl (C=O) groups is 1. The molecule has 0 saturated heterocycles. The second kappa shape index (κ2) is 7.95. The quantitative estimate of drug-likeness (QED) is 0.743. The van der Waals surface area contributed by atoms with Gasteiger partial charge in [0.2, 0.25) is 0 Å². The summed E-state index contributed by atoms with van der Waals surface area (Å²) >= 11 is 0. The van der Waals surface area contributed by atoms with E-state index in [1.165, 1.54) is 0 Å². The number of pyridine rings is 2. The highest BCUT2D eigenvalue weighted by Gasteiger charge is 2.16. The number of nitrogens with one attached hydrogen (secondary N) is 1. The lowest BCUT2D eigenvalue weighted by molar-refractivity contribution is 0.0950. The van der Waals surface area contributed by atoms with E-state index >= 15 is 0 Å². The fraction of sp³-hybridized carbons (Fsp3) is 0.286. The molecular formula is C21H23N3O2. The van der Waals surface area contributed by atoms with E-state index in [9.17, 15) is 9.59 Å². The van der Waals surface area contributed by atoms with Crippen LogP contribution in [0.3, 0.4) is 0 Å². The number of fused-ring (bicyclic) bond motifs is 1. The Balaban J connectivity index is 2.01. The van der Waals surface area contributed by atoms with Gasteiger partial charge in [0.25, 0.3) is 11.5 Å². The summed E-state index contributed by atoms with van der Waals surface area (Å²) in [5.74, 6) is 0.161. The van der Waals surface area contributed by atoms with Crippen LogP contribution in [0.25, 0.3) is 11.0 Å². The average Bonchev–Trinajstić information content (AvgIpc) is 2.64. The lowest BCUT2D eigenvalue weighted by atomic mass is 10.1. The molecule has 0 spiro atoms. The number of benzene rings is 1. The zero-order valence-electron chi connectivity index (χ0n) is 15.1. The Labute approximate surface area is 152 Å². The standard InChI is InChI=1S/C21H23N3O2/c1-15(2)10-12-23-20(25)18-13-17-9-6-11-22-19(17)24(21(18)26)14-16-7-4-3-5-8-16/h3-9,11,13,15H,10,12,14H2,1-2H3,(H,23,25). The van der Waals surface area contributed by atoms with Gasteiger partial charge in [-0.3, -0.25) is 14.2 Å². The third-order valence-corrected chi connectivity index (χ3v) is 4.28. The molecule has 0 bridgehead atoms. The minimum absolute atomic E-state index is 0.158. The molecule has 1 aromatic carbocycles. The molecule has 1 amide bonds. The number of carbonyl (C=O) groups excluding carboxylic acids is 1. The maximum Gasteiger partial charge on any atom is 0.265 e. The minimum atomic E-state index is -0.330. The molecule has 26 heavy (non-hydrogen) atoms. The summed E-state index contributed by atoms with van der Waals surface area (Å²) in [5, 5.41) is 3.63. The van der Waals surface area contributed by atoms with Crippen molar-refractivity contribution >= 4 is 16.9 Å². The van der Waals surface area contributed by atoms with Gasteiger partial charge in [0, 0.05) is 18.1 Å². The third-order valence-electron chi connectivity index (χ3n) is 4.28. The zero-order chi connectivity index (χ0) is 18.5. The number of nitrogens with zero attached hydrogens (tertiary/aromatic N) is 2. The van der Waals surface area contributed by atoms with Gasteiger partial charge in [-0.1, -0.05) is 44.2 Å². The number of amides is 1. The fourth-order valence-electron chi connectivity index (χ4n) is 2.85. The molecule has 3 rings (SSSR count). The molecule has 0 saturated carbocycles. The highest BCUT2D eigenvalue weighted by molar-refractivity contribution is 5.96. The van der Waals surface area contributed by atoms with Gasteiger partial charge in [-0.2, -0.15) is 0 Å². The number of rotatable bonds is 6. The minimum Gasteiger partial charge on any atom is -0.352 e. The van der Waals surface area contributed by atoms with E-state index in [4.69, 9.17) is 0 Å².